The van der Waals surface area contributed by atoms with Crippen molar-refractivity contribution in [2.24, 2.45) is 0 Å². The van der Waals surface area contributed by atoms with E-state index >= 15 is 0 Å². The Kier molecular flexibility index (Phi) is 7.17. The lowest BCUT2D eigenvalue weighted by Gasteiger charge is -2.22. The lowest BCUT2D eigenvalue weighted by atomic mass is 10.2. The van der Waals surface area contributed by atoms with Crippen LogP contribution in [-0.4, -0.2) is 31.7 Å². The Morgan fingerprint density at radius 1 is 1.20 bits per heavy atom. The van der Waals surface area contributed by atoms with E-state index in [1.807, 2.05) is 30.3 Å². The summed E-state index contributed by atoms with van der Waals surface area (Å²) in [6.07, 6.45) is 1.90. The molecule has 1 aromatic carbocycles. The first-order valence-corrected chi connectivity index (χ1v) is 6.95. The van der Waals surface area contributed by atoms with E-state index in [9.17, 15) is 9.59 Å². The molecule has 1 N–H and O–H groups in total. The average molecular weight is 278 g/mol. The standard InChI is InChI=1S/C15H22N2O3/c1-3-5-11-17(13-9-7-6-8-10-13)15(19)16-12-14(18)20-4-2/h6-10H,3-5,11-12H2,1-2H3,(H,16,19). The number of rotatable bonds is 7. The molecule has 0 saturated carbocycles. The number of hydrogen-bond donors (Lipinski definition) is 1. The smallest absolute Gasteiger partial charge is 0.325 e. The fourth-order valence-corrected chi connectivity index (χ4v) is 1.73. The molecule has 0 aliphatic rings. The topological polar surface area (TPSA) is 58.6 Å². The quantitative estimate of drug-likeness (QED) is 0.780. The van der Waals surface area contributed by atoms with E-state index in [2.05, 4.69) is 12.2 Å². The molecule has 0 saturated heterocycles. The molecule has 0 atom stereocenters. The maximum Gasteiger partial charge on any atom is 0.325 e. The van der Waals surface area contributed by atoms with Crippen molar-refractivity contribution in [3.8, 4) is 0 Å². The van der Waals surface area contributed by atoms with Crippen molar-refractivity contribution in [2.45, 2.75) is 26.7 Å². The minimum Gasteiger partial charge on any atom is -0.465 e. The number of carbonyl (C=O) groups is 2. The van der Waals surface area contributed by atoms with E-state index in [1.165, 1.54) is 0 Å². The lowest BCUT2D eigenvalue weighted by Crippen LogP contribution is -2.43. The molecule has 0 bridgehead atoms. The zero-order valence-electron chi connectivity index (χ0n) is 12.1. The van der Waals surface area contributed by atoms with E-state index < -0.39 is 5.97 Å². The summed E-state index contributed by atoms with van der Waals surface area (Å²) in [5.41, 5.74) is 0.822. The molecule has 5 heteroatoms. The van der Waals surface area contributed by atoms with Gasteiger partial charge in [-0.05, 0) is 25.5 Å². The molecule has 0 aliphatic carbocycles. The summed E-state index contributed by atoms with van der Waals surface area (Å²) in [6.45, 7) is 4.63. The van der Waals surface area contributed by atoms with Crippen LogP contribution in [0.15, 0.2) is 30.3 Å². The van der Waals surface area contributed by atoms with E-state index in [1.54, 1.807) is 11.8 Å². The summed E-state index contributed by atoms with van der Waals surface area (Å²) < 4.78 is 4.79. The number of ether oxygens (including phenoxy) is 1. The number of amides is 2. The highest BCUT2D eigenvalue weighted by atomic mass is 16.5. The van der Waals surface area contributed by atoms with Crippen molar-refractivity contribution in [3.05, 3.63) is 30.3 Å². The van der Waals surface area contributed by atoms with Crippen molar-refractivity contribution in [3.63, 3.8) is 0 Å². The Balaban J connectivity index is 2.63. The second-order valence-electron chi connectivity index (χ2n) is 4.30. The van der Waals surface area contributed by atoms with Gasteiger partial charge in [0.25, 0.3) is 0 Å². The molecule has 0 heterocycles. The third-order valence-electron chi connectivity index (χ3n) is 2.74. The first-order chi connectivity index (χ1) is 9.69. The van der Waals surface area contributed by atoms with Crippen molar-refractivity contribution in [1.29, 1.82) is 0 Å². The Labute approximate surface area is 119 Å². The minimum atomic E-state index is -0.427. The number of para-hydroxylation sites is 1. The second kappa shape index (κ2) is 8.96. The van der Waals surface area contributed by atoms with Crippen molar-refractivity contribution < 1.29 is 14.3 Å². The highest BCUT2D eigenvalue weighted by Crippen LogP contribution is 2.14. The normalized spacial score (nSPS) is 9.90. The molecule has 0 fully saturated rings. The first kappa shape index (κ1) is 16.0. The fraction of sp³-hybridized carbons (Fsp3) is 0.467. The number of urea groups is 1. The van der Waals surface area contributed by atoms with Crippen LogP contribution < -0.4 is 10.2 Å². The number of anilines is 1. The highest BCUT2D eigenvalue weighted by Gasteiger charge is 2.15. The van der Waals surface area contributed by atoms with E-state index in [4.69, 9.17) is 4.74 Å². The molecule has 0 aromatic heterocycles. The van der Waals surface area contributed by atoms with Gasteiger partial charge in [0.15, 0.2) is 0 Å². The summed E-state index contributed by atoms with van der Waals surface area (Å²) in [7, 11) is 0. The third-order valence-corrected chi connectivity index (χ3v) is 2.74. The molecule has 0 spiro atoms. The zero-order chi connectivity index (χ0) is 14.8. The molecule has 5 nitrogen and oxygen atoms in total. The summed E-state index contributed by atoms with van der Waals surface area (Å²) >= 11 is 0. The predicted molar refractivity (Wildman–Crippen MR) is 78.7 cm³/mol. The van der Waals surface area contributed by atoms with Gasteiger partial charge in [-0.2, -0.15) is 0 Å². The number of hydrogen-bond acceptors (Lipinski definition) is 3. The molecule has 2 amide bonds. The van der Waals surface area contributed by atoms with E-state index in [-0.39, 0.29) is 12.6 Å². The predicted octanol–water partition coefficient (Wildman–Crippen LogP) is 2.57. The SMILES string of the molecule is CCCCN(C(=O)NCC(=O)OCC)c1ccccc1. The maximum absolute atomic E-state index is 12.2. The Bertz CT molecular complexity index is 420. The minimum absolute atomic E-state index is 0.109. The van der Waals surface area contributed by atoms with Crippen LogP contribution in [0.3, 0.4) is 0 Å². The molecule has 0 aliphatic heterocycles. The monoisotopic (exact) mass is 278 g/mol. The number of esters is 1. The van der Waals surface area contributed by atoms with Crippen LogP contribution in [0, 0.1) is 0 Å². The van der Waals surface area contributed by atoms with Crippen LogP contribution in [0.25, 0.3) is 0 Å². The summed E-state index contributed by atoms with van der Waals surface area (Å²) in [5, 5.41) is 2.59. The largest absolute Gasteiger partial charge is 0.465 e. The van der Waals surface area contributed by atoms with E-state index in [0.29, 0.717) is 13.2 Å². The second-order valence-corrected chi connectivity index (χ2v) is 4.30. The van der Waals surface area contributed by atoms with Crippen LogP contribution in [0.1, 0.15) is 26.7 Å². The molecule has 1 aromatic rings. The number of nitrogens with one attached hydrogen (secondary N) is 1. The molecular weight excluding hydrogens is 256 g/mol. The van der Waals surface area contributed by atoms with Crippen LogP contribution >= 0.6 is 0 Å². The maximum atomic E-state index is 12.2. The van der Waals surface area contributed by atoms with Crippen LogP contribution in [0.5, 0.6) is 0 Å². The Hall–Kier alpha value is -2.04. The summed E-state index contributed by atoms with van der Waals surface area (Å²) in [5.74, 6) is -0.427. The van der Waals surface area contributed by atoms with Gasteiger partial charge in [0.1, 0.15) is 6.54 Å². The molecular formula is C15H22N2O3. The lowest BCUT2D eigenvalue weighted by molar-refractivity contribution is -0.141. The van der Waals surface area contributed by atoms with E-state index in [0.717, 1.165) is 18.5 Å². The average Bonchev–Trinajstić information content (AvgIpc) is 2.47. The Morgan fingerprint density at radius 3 is 2.50 bits per heavy atom. The number of unbranched alkanes of at least 4 members (excludes halogenated alkanes) is 1. The van der Waals surface area contributed by atoms with Gasteiger partial charge in [-0.1, -0.05) is 31.5 Å². The van der Waals surface area contributed by atoms with Crippen LogP contribution in [0.4, 0.5) is 10.5 Å². The number of benzene rings is 1. The summed E-state index contributed by atoms with van der Waals surface area (Å²) in [6, 6.07) is 9.13. The molecule has 1 rings (SSSR count). The number of nitrogens with zero attached hydrogens (tertiary/aromatic N) is 1. The van der Waals surface area contributed by atoms with Crippen molar-refractivity contribution in [1.82, 2.24) is 5.32 Å². The van der Waals surface area contributed by atoms with Crippen molar-refractivity contribution in [2.75, 3.05) is 24.6 Å². The van der Waals surface area contributed by atoms with Gasteiger partial charge in [-0.3, -0.25) is 9.69 Å². The van der Waals surface area contributed by atoms with Gasteiger partial charge < -0.3 is 10.1 Å². The number of carbonyl (C=O) groups excluding carboxylic acids is 2. The van der Waals surface area contributed by atoms with Gasteiger partial charge in [0.2, 0.25) is 0 Å². The molecule has 20 heavy (non-hydrogen) atoms. The molecule has 110 valence electrons. The molecule has 0 radical (unpaired) electrons. The van der Waals surface area contributed by atoms with Crippen LogP contribution in [0.2, 0.25) is 0 Å². The fourth-order valence-electron chi connectivity index (χ4n) is 1.73. The van der Waals surface area contributed by atoms with Gasteiger partial charge >= 0.3 is 12.0 Å². The third kappa shape index (κ3) is 5.30. The van der Waals surface area contributed by atoms with Gasteiger partial charge in [0, 0.05) is 12.2 Å². The van der Waals surface area contributed by atoms with Crippen LogP contribution in [-0.2, 0) is 9.53 Å². The molecule has 0 unspecified atom stereocenters. The van der Waals surface area contributed by atoms with Gasteiger partial charge in [-0.15, -0.1) is 0 Å². The first-order valence-electron chi connectivity index (χ1n) is 6.95. The summed E-state index contributed by atoms with van der Waals surface area (Å²) in [4.78, 5) is 25.1. The Morgan fingerprint density at radius 2 is 1.90 bits per heavy atom. The van der Waals surface area contributed by atoms with Gasteiger partial charge in [0.05, 0.1) is 6.61 Å². The highest BCUT2D eigenvalue weighted by molar-refractivity contribution is 5.93. The van der Waals surface area contributed by atoms with Crippen molar-refractivity contribution >= 4 is 17.7 Å². The zero-order valence-corrected chi connectivity index (χ0v) is 12.1. The van der Waals surface area contributed by atoms with Gasteiger partial charge in [-0.25, -0.2) is 4.79 Å².